The second-order valence-corrected chi connectivity index (χ2v) is 9.42. The van der Waals surface area contributed by atoms with Crippen LogP contribution in [0.4, 0.5) is 5.69 Å². The molecular formula is C25H24BrN5O2S. The minimum absolute atomic E-state index is 0.121. The van der Waals surface area contributed by atoms with Crippen LogP contribution in [0.5, 0.6) is 0 Å². The highest BCUT2D eigenvalue weighted by atomic mass is 79.9. The predicted octanol–water partition coefficient (Wildman–Crippen LogP) is 5.44. The van der Waals surface area contributed by atoms with Crippen LogP contribution in [0.15, 0.2) is 76.4 Å². The molecule has 1 atom stereocenters. The molecule has 3 aromatic carbocycles. The highest BCUT2D eigenvalue weighted by molar-refractivity contribution is 9.10. The predicted molar refractivity (Wildman–Crippen MR) is 139 cm³/mol. The molecule has 0 aliphatic carbocycles. The molecule has 2 amide bonds. The van der Waals surface area contributed by atoms with E-state index in [1.54, 1.807) is 6.07 Å². The Morgan fingerprint density at radius 1 is 1.03 bits per heavy atom. The topological polar surface area (TPSA) is 88.9 Å². The molecule has 0 aliphatic heterocycles. The summed E-state index contributed by atoms with van der Waals surface area (Å²) in [4.78, 5) is 25.3. The molecule has 0 bridgehead atoms. The molecule has 9 heteroatoms. The van der Waals surface area contributed by atoms with Crippen LogP contribution in [-0.4, -0.2) is 32.3 Å². The average Bonchev–Trinajstić information content (AvgIpc) is 3.26. The van der Waals surface area contributed by atoms with E-state index >= 15 is 0 Å². The lowest BCUT2D eigenvalue weighted by Crippen LogP contribution is -2.29. The third kappa shape index (κ3) is 5.31. The highest BCUT2D eigenvalue weighted by Gasteiger charge is 2.21. The number of benzene rings is 3. The van der Waals surface area contributed by atoms with E-state index in [0.717, 1.165) is 20.9 Å². The van der Waals surface area contributed by atoms with Crippen molar-refractivity contribution < 1.29 is 9.59 Å². The summed E-state index contributed by atoms with van der Waals surface area (Å²) < 4.78 is 2.64. The zero-order valence-corrected chi connectivity index (χ0v) is 21.2. The average molecular weight is 538 g/mol. The van der Waals surface area contributed by atoms with Gasteiger partial charge in [0.15, 0.2) is 11.0 Å². The fraction of sp³-hybridized carbons (Fsp3) is 0.200. The Bertz CT molecular complexity index is 1330. The van der Waals surface area contributed by atoms with Gasteiger partial charge in [-0.3, -0.25) is 9.59 Å². The molecule has 0 aliphatic rings. The number of hydrogen-bond acceptors (Lipinski definition) is 5. The summed E-state index contributed by atoms with van der Waals surface area (Å²) in [5.41, 5.74) is 1.33. The molecule has 0 saturated carbocycles. The maximum absolute atomic E-state index is 12.7. The molecule has 0 spiro atoms. The van der Waals surface area contributed by atoms with Gasteiger partial charge in [-0.1, -0.05) is 60.3 Å². The number of carbonyl (C=O) groups excluding carboxylic acids is 2. The number of carbonyl (C=O) groups is 2. The normalized spacial score (nSPS) is 11.9. The van der Waals surface area contributed by atoms with Crippen molar-refractivity contribution in [2.24, 2.45) is 0 Å². The number of hydrogen-bond donors (Lipinski definition) is 2. The van der Waals surface area contributed by atoms with Crippen molar-refractivity contribution in [1.82, 2.24) is 20.1 Å². The smallest absolute Gasteiger partial charge is 0.253 e. The molecule has 4 aromatic rings. The molecule has 34 heavy (non-hydrogen) atoms. The molecule has 7 nitrogen and oxygen atoms in total. The third-order valence-corrected chi connectivity index (χ3v) is 6.97. The summed E-state index contributed by atoms with van der Waals surface area (Å²) in [5.74, 6) is 0.511. The van der Waals surface area contributed by atoms with Gasteiger partial charge in [0.25, 0.3) is 5.91 Å². The van der Waals surface area contributed by atoms with Crippen LogP contribution in [0.3, 0.4) is 0 Å². The Morgan fingerprint density at radius 3 is 2.56 bits per heavy atom. The number of aromatic nitrogens is 3. The first kappa shape index (κ1) is 24.0. The van der Waals surface area contributed by atoms with E-state index < -0.39 is 0 Å². The number of fused-ring (bicyclic) bond motifs is 1. The van der Waals surface area contributed by atoms with Crippen molar-refractivity contribution in [2.75, 3.05) is 11.1 Å². The van der Waals surface area contributed by atoms with E-state index in [4.69, 9.17) is 0 Å². The Labute approximate surface area is 210 Å². The van der Waals surface area contributed by atoms with Gasteiger partial charge in [0.05, 0.1) is 17.4 Å². The van der Waals surface area contributed by atoms with Crippen LogP contribution in [-0.2, 0) is 11.3 Å². The summed E-state index contributed by atoms with van der Waals surface area (Å²) in [7, 11) is 0. The van der Waals surface area contributed by atoms with Gasteiger partial charge in [-0.2, -0.15) is 0 Å². The van der Waals surface area contributed by atoms with Gasteiger partial charge in [-0.15, -0.1) is 10.2 Å². The number of nitrogens with one attached hydrogen (secondary N) is 2. The number of nitrogens with zero attached hydrogens (tertiary/aromatic N) is 3. The monoisotopic (exact) mass is 537 g/mol. The fourth-order valence-corrected chi connectivity index (χ4v) is 4.93. The summed E-state index contributed by atoms with van der Waals surface area (Å²) in [5, 5.41) is 17.2. The molecule has 0 saturated heterocycles. The number of halogens is 1. The van der Waals surface area contributed by atoms with Crippen LogP contribution >= 0.6 is 27.7 Å². The number of rotatable bonds is 8. The number of anilines is 1. The van der Waals surface area contributed by atoms with Crippen molar-refractivity contribution in [3.63, 3.8) is 0 Å². The first-order valence-corrected chi connectivity index (χ1v) is 12.6. The summed E-state index contributed by atoms with van der Waals surface area (Å²) in [6.07, 6.45) is 0. The molecule has 0 radical (unpaired) electrons. The molecule has 174 valence electrons. The Balaban J connectivity index is 1.41. The van der Waals surface area contributed by atoms with Gasteiger partial charge in [0, 0.05) is 22.1 Å². The molecule has 4 rings (SSSR count). The molecule has 2 N–H and O–H groups in total. The first-order chi connectivity index (χ1) is 16.5. The quantitative estimate of drug-likeness (QED) is 0.292. The van der Waals surface area contributed by atoms with Gasteiger partial charge in [0.2, 0.25) is 5.91 Å². The van der Waals surface area contributed by atoms with Gasteiger partial charge < -0.3 is 15.2 Å². The van der Waals surface area contributed by atoms with Crippen LogP contribution in [0, 0.1) is 0 Å². The number of amides is 2. The summed E-state index contributed by atoms with van der Waals surface area (Å²) in [6, 6.07) is 20.7. The SMILES string of the molecule is CCn1c(SCC(=O)Nc2cccc3ccccc23)nnc1C(C)NC(=O)c1ccccc1Br. The minimum Gasteiger partial charge on any atom is -0.342 e. The van der Waals surface area contributed by atoms with Crippen molar-refractivity contribution in [3.05, 3.63) is 82.6 Å². The van der Waals surface area contributed by atoms with Crippen molar-refractivity contribution in [3.8, 4) is 0 Å². The molecule has 1 heterocycles. The summed E-state index contributed by atoms with van der Waals surface area (Å²) >= 11 is 4.73. The van der Waals surface area contributed by atoms with Gasteiger partial charge in [0.1, 0.15) is 0 Å². The highest BCUT2D eigenvalue weighted by Crippen LogP contribution is 2.25. The molecule has 1 aromatic heterocycles. The first-order valence-electron chi connectivity index (χ1n) is 10.9. The van der Waals surface area contributed by atoms with Crippen molar-refractivity contribution in [2.45, 2.75) is 31.6 Å². The lowest BCUT2D eigenvalue weighted by Gasteiger charge is -2.15. The third-order valence-electron chi connectivity index (χ3n) is 5.31. The van der Waals surface area contributed by atoms with Gasteiger partial charge in [-0.05, 0) is 53.4 Å². The van der Waals surface area contributed by atoms with E-state index in [-0.39, 0.29) is 23.6 Å². The Kier molecular flexibility index (Phi) is 7.64. The zero-order chi connectivity index (χ0) is 24.1. The Hall–Kier alpha value is -3.17. The van der Waals surface area contributed by atoms with Crippen LogP contribution in [0.2, 0.25) is 0 Å². The van der Waals surface area contributed by atoms with Crippen LogP contribution in [0.1, 0.15) is 36.1 Å². The zero-order valence-electron chi connectivity index (χ0n) is 18.8. The van der Waals surface area contributed by atoms with E-state index in [0.29, 0.717) is 23.1 Å². The lowest BCUT2D eigenvalue weighted by molar-refractivity contribution is -0.113. The van der Waals surface area contributed by atoms with Crippen molar-refractivity contribution >= 4 is 56.0 Å². The van der Waals surface area contributed by atoms with Crippen LogP contribution in [0.25, 0.3) is 10.8 Å². The van der Waals surface area contributed by atoms with E-state index in [2.05, 4.69) is 36.8 Å². The minimum atomic E-state index is -0.356. The molecular weight excluding hydrogens is 514 g/mol. The number of thioether (sulfide) groups is 1. The Morgan fingerprint density at radius 2 is 1.76 bits per heavy atom. The van der Waals surface area contributed by atoms with E-state index in [1.165, 1.54) is 11.8 Å². The molecule has 1 unspecified atom stereocenters. The maximum Gasteiger partial charge on any atom is 0.253 e. The molecule has 0 fully saturated rings. The van der Waals surface area contributed by atoms with Crippen molar-refractivity contribution in [1.29, 1.82) is 0 Å². The maximum atomic E-state index is 12.7. The van der Waals surface area contributed by atoms with E-state index in [9.17, 15) is 9.59 Å². The van der Waals surface area contributed by atoms with E-state index in [1.807, 2.05) is 79.1 Å². The van der Waals surface area contributed by atoms with Crippen LogP contribution < -0.4 is 10.6 Å². The second-order valence-electron chi connectivity index (χ2n) is 7.62. The largest absolute Gasteiger partial charge is 0.342 e. The second kappa shape index (κ2) is 10.8. The fourth-order valence-electron chi connectivity index (χ4n) is 3.66. The lowest BCUT2D eigenvalue weighted by atomic mass is 10.1. The van der Waals surface area contributed by atoms with Gasteiger partial charge in [-0.25, -0.2) is 0 Å². The van der Waals surface area contributed by atoms with Gasteiger partial charge >= 0.3 is 0 Å². The summed E-state index contributed by atoms with van der Waals surface area (Å²) in [6.45, 7) is 4.47. The standard InChI is InChI=1S/C25H24BrN5O2S/c1-3-31-23(16(2)27-24(33)19-12-6-7-13-20(19)26)29-30-25(31)34-15-22(32)28-21-14-8-10-17-9-4-5-11-18(17)21/h4-14,16H,3,15H2,1-2H3,(H,27,33)(H,28,32).